The standard InChI is InChI=1S/C18H22N2/c1-20(14-15-11-12-19-13-15)18-9-7-17(8-10-18)16-5-3-2-4-6-16/h2-10,15,19H,11-14H2,1H3. The van der Waals surface area contributed by atoms with Crippen LogP contribution < -0.4 is 10.2 Å². The van der Waals surface area contributed by atoms with Crippen molar-refractivity contribution in [3.8, 4) is 11.1 Å². The van der Waals surface area contributed by atoms with Crippen molar-refractivity contribution < 1.29 is 0 Å². The molecule has 3 rings (SSSR count). The highest BCUT2D eigenvalue weighted by molar-refractivity contribution is 5.66. The van der Waals surface area contributed by atoms with E-state index in [0.717, 1.165) is 19.0 Å². The van der Waals surface area contributed by atoms with E-state index in [1.54, 1.807) is 0 Å². The summed E-state index contributed by atoms with van der Waals surface area (Å²) in [4.78, 5) is 2.37. The lowest BCUT2D eigenvalue weighted by atomic mass is 10.0. The van der Waals surface area contributed by atoms with E-state index in [-0.39, 0.29) is 0 Å². The van der Waals surface area contributed by atoms with Crippen LogP contribution in [0.2, 0.25) is 0 Å². The third-order valence-electron chi connectivity index (χ3n) is 4.11. The van der Waals surface area contributed by atoms with Crippen LogP contribution in [-0.4, -0.2) is 26.7 Å². The molecule has 1 unspecified atom stereocenters. The summed E-state index contributed by atoms with van der Waals surface area (Å²) in [6.07, 6.45) is 1.30. The number of hydrogen-bond donors (Lipinski definition) is 1. The van der Waals surface area contributed by atoms with Crippen molar-refractivity contribution in [3.05, 3.63) is 54.6 Å². The molecule has 0 aromatic heterocycles. The van der Waals surface area contributed by atoms with Crippen molar-refractivity contribution in [1.29, 1.82) is 0 Å². The first-order chi connectivity index (χ1) is 9.83. The van der Waals surface area contributed by atoms with Crippen LogP contribution in [0.1, 0.15) is 6.42 Å². The first kappa shape index (κ1) is 13.2. The maximum atomic E-state index is 3.43. The molecular formula is C18H22N2. The molecule has 1 aliphatic heterocycles. The molecule has 0 amide bonds. The summed E-state index contributed by atoms with van der Waals surface area (Å²) in [5, 5.41) is 3.43. The Labute approximate surface area is 121 Å². The monoisotopic (exact) mass is 266 g/mol. The number of hydrogen-bond acceptors (Lipinski definition) is 2. The van der Waals surface area contributed by atoms with Crippen LogP contribution in [0.4, 0.5) is 5.69 Å². The molecule has 0 radical (unpaired) electrons. The minimum atomic E-state index is 0.786. The van der Waals surface area contributed by atoms with Gasteiger partial charge in [-0.05, 0) is 48.7 Å². The zero-order chi connectivity index (χ0) is 13.8. The normalized spacial score (nSPS) is 18.1. The second-order valence-electron chi connectivity index (χ2n) is 5.65. The predicted molar refractivity (Wildman–Crippen MR) is 86.1 cm³/mol. The minimum absolute atomic E-state index is 0.786. The lowest BCUT2D eigenvalue weighted by Gasteiger charge is -2.23. The van der Waals surface area contributed by atoms with Crippen LogP contribution in [0, 0.1) is 5.92 Å². The fraction of sp³-hybridized carbons (Fsp3) is 0.333. The highest BCUT2D eigenvalue weighted by atomic mass is 15.1. The highest BCUT2D eigenvalue weighted by Crippen LogP contribution is 2.23. The van der Waals surface area contributed by atoms with Gasteiger partial charge < -0.3 is 10.2 Å². The largest absolute Gasteiger partial charge is 0.374 e. The molecule has 0 saturated carbocycles. The molecule has 1 fully saturated rings. The summed E-state index contributed by atoms with van der Waals surface area (Å²) in [7, 11) is 2.19. The quantitative estimate of drug-likeness (QED) is 0.912. The first-order valence-electron chi connectivity index (χ1n) is 7.40. The third kappa shape index (κ3) is 3.02. The van der Waals surface area contributed by atoms with Crippen LogP contribution in [0.25, 0.3) is 11.1 Å². The predicted octanol–water partition coefficient (Wildman–Crippen LogP) is 3.40. The first-order valence-corrected chi connectivity index (χ1v) is 7.40. The Morgan fingerprint density at radius 3 is 2.35 bits per heavy atom. The van der Waals surface area contributed by atoms with E-state index in [1.165, 1.54) is 29.8 Å². The minimum Gasteiger partial charge on any atom is -0.374 e. The Kier molecular flexibility index (Phi) is 4.03. The topological polar surface area (TPSA) is 15.3 Å². The Morgan fingerprint density at radius 2 is 1.70 bits per heavy atom. The van der Waals surface area contributed by atoms with Gasteiger partial charge in [0.2, 0.25) is 0 Å². The number of nitrogens with zero attached hydrogens (tertiary/aromatic N) is 1. The van der Waals surface area contributed by atoms with E-state index in [9.17, 15) is 0 Å². The molecule has 0 spiro atoms. The highest BCUT2D eigenvalue weighted by Gasteiger charge is 2.16. The molecule has 1 saturated heterocycles. The zero-order valence-electron chi connectivity index (χ0n) is 12.0. The van der Waals surface area contributed by atoms with Crippen molar-refractivity contribution in [2.45, 2.75) is 6.42 Å². The molecule has 1 atom stereocenters. The molecule has 2 aromatic rings. The van der Waals surface area contributed by atoms with Crippen LogP contribution in [0.15, 0.2) is 54.6 Å². The molecule has 104 valence electrons. The smallest absolute Gasteiger partial charge is 0.0364 e. The van der Waals surface area contributed by atoms with E-state index in [4.69, 9.17) is 0 Å². The van der Waals surface area contributed by atoms with Gasteiger partial charge in [0, 0.05) is 19.3 Å². The van der Waals surface area contributed by atoms with E-state index in [1.807, 2.05) is 0 Å². The van der Waals surface area contributed by atoms with Gasteiger partial charge in [0.05, 0.1) is 0 Å². The van der Waals surface area contributed by atoms with Crippen molar-refractivity contribution in [1.82, 2.24) is 5.32 Å². The molecular weight excluding hydrogens is 244 g/mol. The third-order valence-corrected chi connectivity index (χ3v) is 4.11. The van der Waals surface area contributed by atoms with Crippen molar-refractivity contribution >= 4 is 5.69 Å². The van der Waals surface area contributed by atoms with Crippen molar-refractivity contribution in [2.75, 3.05) is 31.6 Å². The Morgan fingerprint density at radius 1 is 1.00 bits per heavy atom. The second kappa shape index (κ2) is 6.10. The van der Waals surface area contributed by atoms with Crippen LogP contribution in [0.3, 0.4) is 0 Å². The van der Waals surface area contributed by atoms with Crippen LogP contribution in [0.5, 0.6) is 0 Å². The molecule has 0 aliphatic carbocycles. The number of anilines is 1. The average molecular weight is 266 g/mol. The summed E-state index contributed by atoms with van der Waals surface area (Å²) in [5.74, 6) is 0.786. The van der Waals surface area contributed by atoms with E-state index >= 15 is 0 Å². The van der Waals surface area contributed by atoms with Gasteiger partial charge in [-0.25, -0.2) is 0 Å². The second-order valence-corrected chi connectivity index (χ2v) is 5.65. The molecule has 2 nitrogen and oxygen atoms in total. The van der Waals surface area contributed by atoms with Crippen molar-refractivity contribution in [3.63, 3.8) is 0 Å². The van der Waals surface area contributed by atoms with E-state index in [2.05, 4.69) is 71.9 Å². The molecule has 2 aromatic carbocycles. The summed E-state index contributed by atoms with van der Waals surface area (Å²) in [5.41, 5.74) is 3.86. The van der Waals surface area contributed by atoms with E-state index < -0.39 is 0 Å². The summed E-state index contributed by atoms with van der Waals surface area (Å²) >= 11 is 0. The van der Waals surface area contributed by atoms with Gasteiger partial charge in [0.25, 0.3) is 0 Å². The lowest BCUT2D eigenvalue weighted by molar-refractivity contribution is 0.578. The maximum Gasteiger partial charge on any atom is 0.0364 e. The Hall–Kier alpha value is -1.80. The molecule has 0 bridgehead atoms. The van der Waals surface area contributed by atoms with Gasteiger partial charge in [-0.3, -0.25) is 0 Å². The zero-order valence-corrected chi connectivity index (χ0v) is 12.0. The molecule has 2 heteroatoms. The summed E-state index contributed by atoms with van der Waals surface area (Å²) in [6, 6.07) is 19.4. The number of benzene rings is 2. The summed E-state index contributed by atoms with van der Waals surface area (Å²) < 4.78 is 0. The molecule has 1 aliphatic rings. The average Bonchev–Trinajstić information content (AvgIpc) is 3.01. The molecule has 1 heterocycles. The van der Waals surface area contributed by atoms with Gasteiger partial charge in [-0.2, -0.15) is 0 Å². The van der Waals surface area contributed by atoms with Gasteiger partial charge in [0.1, 0.15) is 0 Å². The SMILES string of the molecule is CN(CC1CCNC1)c1ccc(-c2ccccc2)cc1. The number of nitrogens with one attached hydrogen (secondary N) is 1. The van der Waals surface area contributed by atoms with Crippen LogP contribution in [-0.2, 0) is 0 Å². The van der Waals surface area contributed by atoms with E-state index in [0.29, 0.717) is 0 Å². The van der Waals surface area contributed by atoms with Gasteiger partial charge in [-0.15, -0.1) is 0 Å². The Bertz CT molecular complexity index is 527. The van der Waals surface area contributed by atoms with Crippen molar-refractivity contribution in [2.24, 2.45) is 5.92 Å². The maximum absolute atomic E-state index is 3.43. The van der Waals surface area contributed by atoms with Gasteiger partial charge >= 0.3 is 0 Å². The lowest BCUT2D eigenvalue weighted by Crippen LogP contribution is -2.26. The Balaban J connectivity index is 1.69. The number of rotatable bonds is 4. The van der Waals surface area contributed by atoms with Gasteiger partial charge in [0.15, 0.2) is 0 Å². The fourth-order valence-electron chi connectivity index (χ4n) is 2.90. The summed E-state index contributed by atoms with van der Waals surface area (Å²) in [6.45, 7) is 3.47. The van der Waals surface area contributed by atoms with Gasteiger partial charge in [-0.1, -0.05) is 42.5 Å². The molecule has 20 heavy (non-hydrogen) atoms. The van der Waals surface area contributed by atoms with Crippen LogP contribution >= 0.6 is 0 Å². The fourth-order valence-corrected chi connectivity index (χ4v) is 2.90. The molecule has 1 N–H and O–H groups in total.